The van der Waals surface area contributed by atoms with Crippen molar-refractivity contribution < 1.29 is 30.0 Å². The van der Waals surface area contributed by atoms with Gasteiger partial charge in [-0.3, -0.25) is 0 Å². The van der Waals surface area contributed by atoms with E-state index in [1.807, 2.05) is 0 Å². The monoisotopic (exact) mass is 202 g/mol. The molecule has 0 saturated heterocycles. The summed E-state index contributed by atoms with van der Waals surface area (Å²) < 4.78 is 0. The van der Waals surface area contributed by atoms with Crippen LogP contribution < -0.4 is 0 Å². The van der Waals surface area contributed by atoms with Crippen molar-refractivity contribution in [1.82, 2.24) is 0 Å². The quantitative estimate of drug-likeness (QED) is 0.298. The van der Waals surface area contributed by atoms with Crippen LogP contribution in [0.25, 0.3) is 0 Å². The molecule has 6 N–H and O–H groups in total. The number of hydrogen-bond donors (Lipinski definition) is 6. The third kappa shape index (κ3) is 16.6. The lowest BCUT2D eigenvalue weighted by atomic mass is 10.1. The first-order valence-corrected chi connectivity index (χ1v) is 4.47. The summed E-state index contributed by atoms with van der Waals surface area (Å²) in [4.78, 5) is 21.7. The SMILES string of the molecule is OCCC(CO)CO.OP(O)O. The van der Waals surface area contributed by atoms with Gasteiger partial charge in [0.15, 0.2) is 0 Å². The van der Waals surface area contributed by atoms with Gasteiger partial charge in [0.2, 0.25) is 0 Å². The molecule has 0 bridgehead atoms. The van der Waals surface area contributed by atoms with E-state index in [1.54, 1.807) is 0 Å². The van der Waals surface area contributed by atoms with E-state index in [-0.39, 0.29) is 25.7 Å². The molecule has 0 spiro atoms. The fourth-order valence-corrected chi connectivity index (χ4v) is 0.423. The number of aliphatic hydroxyl groups excluding tert-OH is 3. The first-order chi connectivity index (χ1) is 5.58. The summed E-state index contributed by atoms with van der Waals surface area (Å²) in [6.45, 7) is -0.0556. The van der Waals surface area contributed by atoms with Crippen LogP contribution in [0.4, 0.5) is 0 Å². The van der Waals surface area contributed by atoms with Gasteiger partial charge in [0, 0.05) is 25.7 Å². The Labute approximate surface area is 71.7 Å². The molecule has 0 aromatic heterocycles. The van der Waals surface area contributed by atoms with Crippen LogP contribution in [0.2, 0.25) is 0 Å². The third-order valence-electron chi connectivity index (χ3n) is 1.05. The topological polar surface area (TPSA) is 121 Å². The Bertz CT molecular complexity index is 73.6. The van der Waals surface area contributed by atoms with Gasteiger partial charge in [0.25, 0.3) is 0 Å². The molecular formula is C5H15O6P. The minimum Gasteiger partial charge on any atom is -0.396 e. The zero-order chi connectivity index (χ0) is 9.98. The molecule has 12 heavy (non-hydrogen) atoms. The summed E-state index contributed by atoms with van der Waals surface area (Å²) in [5.74, 6) is -0.139. The highest BCUT2D eigenvalue weighted by molar-refractivity contribution is 7.38. The van der Waals surface area contributed by atoms with Crippen LogP contribution in [-0.2, 0) is 0 Å². The van der Waals surface area contributed by atoms with Gasteiger partial charge in [0.05, 0.1) is 0 Å². The maximum absolute atomic E-state index is 8.39. The van der Waals surface area contributed by atoms with Gasteiger partial charge < -0.3 is 30.0 Å². The number of rotatable bonds is 4. The van der Waals surface area contributed by atoms with Gasteiger partial charge in [-0.1, -0.05) is 0 Å². The maximum atomic E-state index is 8.39. The van der Waals surface area contributed by atoms with Crippen LogP contribution in [-0.4, -0.2) is 49.8 Å². The average molecular weight is 202 g/mol. The molecular weight excluding hydrogens is 187 g/mol. The Hall–Kier alpha value is 0.190. The second kappa shape index (κ2) is 11.2. The zero-order valence-corrected chi connectivity index (χ0v) is 7.43. The lowest BCUT2D eigenvalue weighted by Gasteiger charge is -2.06. The van der Waals surface area contributed by atoms with Crippen LogP contribution in [0.3, 0.4) is 0 Å². The predicted octanol–water partition coefficient (Wildman–Crippen LogP) is -1.84. The molecule has 76 valence electrons. The molecule has 0 aliphatic heterocycles. The molecule has 6 nitrogen and oxygen atoms in total. The fourth-order valence-electron chi connectivity index (χ4n) is 0.423. The van der Waals surface area contributed by atoms with Crippen LogP contribution in [0, 0.1) is 5.92 Å². The summed E-state index contributed by atoms with van der Waals surface area (Å²) in [7, 11) is -2.62. The van der Waals surface area contributed by atoms with Crippen molar-refractivity contribution in [2.75, 3.05) is 19.8 Å². The average Bonchev–Trinajstić information content (AvgIpc) is 1.99. The molecule has 7 heteroatoms. The maximum Gasteiger partial charge on any atom is 0.324 e. The predicted molar refractivity (Wildman–Crippen MR) is 42.9 cm³/mol. The highest BCUT2D eigenvalue weighted by Crippen LogP contribution is 2.11. The second-order valence-electron chi connectivity index (χ2n) is 2.01. The summed E-state index contributed by atoms with van der Waals surface area (Å²) in [6.07, 6.45) is 0.479. The van der Waals surface area contributed by atoms with E-state index in [0.717, 1.165) is 0 Å². The van der Waals surface area contributed by atoms with E-state index in [1.165, 1.54) is 0 Å². The third-order valence-corrected chi connectivity index (χ3v) is 1.05. The first kappa shape index (κ1) is 14.7. The van der Waals surface area contributed by atoms with E-state index in [0.29, 0.717) is 6.42 Å². The molecule has 0 atom stereocenters. The van der Waals surface area contributed by atoms with Crippen molar-refractivity contribution in [2.45, 2.75) is 6.42 Å². The molecule has 0 fully saturated rings. The van der Waals surface area contributed by atoms with Gasteiger partial charge in [0.1, 0.15) is 0 Å². The van der Waals surface area contributed by atoms with Crippen molar-refractivity contribution in [3.63, 3.8) is 0 Å². The molecule has 0 aliphatic carbocycles. The summed E-state index contributed by atoms with van der Waals surface area (Å²) in [5.41, 5.74) is 0. The standard InChI is InChI=1S/C5H12O3.H3O3P/c6-2-1-5(3-7)4-8;1-4(2)3/h5-8H,1-4H2;1-3H. The van der Waals surface area contributed by atoms with E-state index in [2.05, 4.69) is 0 Å². The van der Waals surface area contributed by atoms with Crippen molar-refractivity contribution >= 4 is 8.60 Å². The largest absolute Gasteiger partial charge is 0.396 e. The van der Waals surface area contributed by atoms with Crippen LogP contribution in [0.15, 0.2) is 0 Å². The summed E-state index contributed by atoms with van der Waals surface area (Å²) in [5, 5.41) is 25.0. The Balaban J connectivity index is 0. The zero-order valence-electron chi connectivity index (χ0n) is 6.54. The molecule has 0 aliphatic rings. The highest BCUT2D eigenvalue weighted by atomic mass is 31.2. The van der Waals surface area contributed by atoms with Gasteiger partial charge in [-0.05, 0) is 6.42 Å². The molecule has 0 saturated carbocycles. The van der Waals surface area contributed by atoms with Crippen molar-refractivity contribution in [1.29, 1.82) is 0 Å². The Morgan fingerprint density at radius 3 is 1.33 bits per heavy atom. The van der Waals surface area contributed by atoms with E-state index in [9.17, 15) is 0 Å². The van der Waals surface area contributed by atoms with Crippen LogP contribution in [0.1, 0.15) is 6.42 Å². The van der Waals surface area contributed by atoms with E-state index >= 15 is 0 Å². The van der Waals surface area contributed by atoms with E-state index < -0.39 is 8.60 Å². The Morgan fingerprint density at radius 2 is 1.25 bits per heavy atom. The number of hydrogen-bond acceptors (Lipinski definition) is 6. The molecule has 0 unspecified atom stereocenters. The van der Waals surface area contributed by atoms with Crippen molar-refractivity contribution in [2.24, 2.45) is 5.92 Å². The number of aliphatic hydroxyl groups is 3. The minimum atomic E-state index is -2.62. The Morgan fingerprint density at radius 1 is 0.917 bits per heavy atom. The second-order valence-corrected chi connectivity index (χ2v) is 2.55. The lowest BCUT2D eigenvalue weighted by Crippen LogP contribution is -2.12. The smallest absolute Gasteiger partial charge is 0.324 e. The molecule has 0 aromatic rings. The Kier molecular flexibility index (Phi) is 13.7. The minimum absolute atomic E-state index is 0.0335. The molecule has 0 aromatic carbocycles. The van der Waals surface area contributed by atoms with Gasteiger partial charge in [-0.2, -0.15) is 0 Å². The van der Waals surface area contributed by atoms with Gasteiger partial charge in [-0.25, -0.2) is 0 Å². The molecule has 0 radical (unpaired) electrons. The summed E-state index contributed by atoms with van der Waals surface area (Å²) in [6, 6.07) is 0. The summed E-state index contributed by atoms with van der Waals surface area (Å²) >= 11 is 0. The van der Waals surface area contributed by atoms with E-state index in [4.69, 9.17) is 30.0 Å². The van der Waals surface area contributed by atoms with Gasteiger partial charge >= 0.3 is 8.60 Å². The van der Waals surface area contributed by atoms with Crippen LogP contribution in [0.5, 0.6) is 0 Å². The first-order valence-electron chi connectivity index (χ1n) is 3.27. The molecule has 0 amide bonds. The van der Waals surface area contributed by atoms with Crippen molar-refractivity contribution in [3.8, 4) is 0 Å². The fraction of sp³-hybridized carbons (Fsp3) is 1.00. The van der Waals surface area contributed by atoms with Crippen molar-refractivity contribution in [3.05, 3.63) is 0 Å². The normalized spacial score (nSPS) is 10.0. The highest BCUT2D eigenvalue weighted by Gasteiger charge is 2.02. The van der Waals surface area contributed by atoms with Gasteiger partial charge in [-0.15, -0.1) is 0 Å². The molecule has 0 rings (SSSR count). The molecule has 0 heterocycles. The van der Waals surface area contributed by atoms with Crippen LogP contribution >= 0.6 is 8.60 Å². The lowest BCUT2D eigenvalue weighted by molar-refractivity contribution is 0.124.